The molecule has 2 N–H and O–H groups in total. The maximum atomic E-state index is 11.9. The Hall–Kier alpha value is -2.91. The highest BCUT2D eigenvalue weighted by atomic mass is 16.6. The Balaban J connectivity index is 1.91. The van der Waals surface area contributed by atoms with Gasteiger partial charge in [0, 0.05) is 13.1 Å². The number of ether oxygens (including phenoxy) is 2. The molecule has 2 aromatic heterocycles. The van der Waals surface area contributed by atoms with Gasteiger partial charge in [-0.3, -0.25) is 4.79 Å². The molecule has 10 heteroatoms. The average molecular weight is 392 g/mol. The van der Waals surface area contributed by atoms with E-state index in [1.165, 1.54) is 12.7 Å². The van der Waals surface area contributed by atoms with E-state index in [0.717, 1.165) is 0 Å². The number of aromatic nitrogens is 4. The van der Waals surface area contributed by atoms with Gasteiger partial charge in [-0.15, -0.1) is 0 Å². The summed E-state index contributed by atoms with van der Waals surface area (Å²) in [6, 6.07) is 0. The molecule has 0 aliphatic carbocycles. The molecule has 0 fully saturated rings. The van der Waals surface area contributed by atoms with Crippen molar-refractivity contribution in [3.8, 4) is 0 Å². The Labute approximate surface area is 164 Å². The van der Waals surface area contributed by atoms with Crippen LogP contribution < -0.4 is 10.6 Å². The molecular weight excluding hydrogens is 364 g/mol. The highest BCUT2D eigenvalue weighted by molar-refractivity contribution is 5.83. The zero-order valence-electron chi connectivity index (χ0n) is 17.0. The van der Waals surface area contributed by atoms with Crippen molar-refractivity contribution in [1.82, 2.24) is 24.8 Å². The van der Waals surface area contributed by atoms with E-state index >= 15 is 0 Å². The standard InChI is InChI=1S/C18H28N6O4/c1-12(2)9-27-13(25)8-24-11-23-14-15(21-10-22-16(14)24)19-6-7-20-17(26)28-18(3,4)5/h10-12H,6-9H2,1-5H3,(H,20,26)(H,19,21,22). The number of imidazole rings is 1. The monoisotopic (exact) mass is 392 g/mol. The van der Waals surface area contributed by atoms with Crippen molar-refractivity contribution in [2.24, 2.45) is 5.92 Å². The second kappa shape index (κ2) is 9.34. The lowest BCUT2D eigenvalue weighted by Gasteiger charge is -2.19. The van der Waals surface area contributed by atoms with Crippen LogP contribution in [0.5, 0.6) is 0 Å². The molecule has 10 nitrogen and oxygen atoms in total. The van der Waals surface area contributed by atoms with Crippen LogP contribution in [-0.4, -0.2) is 56.9 Å². The zero-order valence-corrected chi connectivity index (χ0v) is 17.0. The second-order valence-corrected chi connectivity index (χ2v) is 7.70. The Bertz CT molecular complexity index is 812. The number of anilines is 1. The molecule has 0 bridgehead atoms. The first-order chi connectivity index (χ1) is 13.2. The molecule has 0 unspecified atom stereocenters. The SMILES string of the molecule is CC(C)COC(=O)Cn1cnc2c(NCCNC(=O)OC(C)(C)C)ncnc21. The van der Waals surface area contributed by atoms with Crippen molar-refractivity contribution < 1.29 is 19.1 Å². The van der Waals surface area contributed by atoms with Gasteiger partial charge in [0.15, 0.2) is 11.5 Å². The van der Waals surface area contributed by atoms with Gasteiger partial charge in [-0.1, -0.05) is 13.8 Å². The summed E-state index contributed by atoms with van der Waals surface area (Å²) < 4.78 is 12.0. The number of hydrogen-bond acceptors (Lipinski definition) is 8. The number of carbonyl (C=O) groups excluding carboxylic acids is 2. The van der Waals surface area contributed by atoms with Gasteiger partial charge in [-0.2, -0.15) is 0 Å². The van der Waals surface area contributed by atoms with E-state index in [1.54, 1.807) is 25.3 Å². The summed E-state index contributed by atoms with van der Waals surface area (Å²) in [4.78, 5) is 36.2. The molecule has 0 aliphatic heterocycles. The van der Waals surface area contributed by atoms with Crippen molar-refractivity contribution >= 4 is 29.0 Å². The van der Waals surface area contributed by atoms with Gasteiger partial charge >= 0.3 is 12.1 Å². The van der Waals surface area contributed by atoms with Crippen LogP contribution in [0.2, 0.25) is 0 Å². The fourth-order valence-electron chi connectivity index (χ4n) is 2.23. The summed E-state index contributed by atoms with van der Waals surface area (Å²) in [7, 11) is 0. The third-order valence-corrected chi connectivity index (χ3v) is 3.36. The predicted octanol–water partition coefficient (Wildman–Crippen LogP) is 1.96. The van der Waals surface area contributed by atoms with Crippen molar-refractivity contribution in [2.75, 3.05) is 25.0 Å². The maximum Gasteiger partial charge on any atom is 0.407 e. The molecule has 0 saturated heterocycles. The third-order valence-electron chi connectivity index (χ3n) is 3.36. The Morgan fingerprint density at radius 3 is 2.61 bits per heavy atom. The summed E-state index contributed by atoms with van der Waals surface area (Å²) >= 11 is 0. The average Bonchev–Trinajstić information content (AvgIpc) is 2.99. The number of hydrogen-bond donors (Lipinski definition) is 2. The summed E-state index contributed by atoms with van der Waals surface area (Å²) in [5, 5.41) is 5.76. The van der Waals surface area contributed by atoms with Gasteiger partial charge < -0.3 is 24.7 Å². The van der Waals surface area contributed by atoms with Crippen molar-refractivity contribution in [3.63, 3.8) is 0 Å². The lowest BCUT2D eigenvalue weighted by molar-refractivity contribution is -0.145. The van der Waals surface area contributed by atoms with Crippen LogP contribution in [0.3, 0.4) is 0 Å². The minimum atomic E-state index is -0.542. The molecule has 0 radical (unpaired) electrons. The summed E-state index contributed by atoms with van der Waals surface area (Å²) in [5.41, 5.74) is 0.523. The molecule has 2 rings (SSSR count). The molecule has 2 heterocycles. The number of nitrogens with one attached hydrogen (secondary N) is 2. The minimum absolute atomic E-state index is 0.0277. The quantitative estimate of drug-likeness (QED) is 0.517. The zero-order chi connectivity index (χ0) is 20.7. The molecule has 0 saturated carbocycles. The largest absolute Gasteiger partial charge is 0.464 e. The van der Waals surface area contributed by atoms with E-state index in [0.29, 0.717) is 36.7 Å². The number of amides is 1. The van der Waals surface area contributed by atoms with Crippen LogP contribution >= 0.6 is 0 Å². The third kappa shape index (κ3) is 6.67. The van der Waals surface area contributed by atoms with Crippen LogP contribution in [0.15, 0.2) is 12.7 Å². The molecule has 154 valence electrons. The molecule has 0 aromatic carbocycles. The molecule has 0 spiro atoms. The van der Waals surface area contributed by atoms with Gasteiger partial charge in [-0.05, 0) is 26.7 Å². The van der Waals surface area contributed by atoms with Crippen LogP contribution in [0.4, 0.5) is 10.6 Å². The van der Waals surface area contributed by atoms with Gasteiger partial charge in [0.05, 0.1) is 12.9 Å². The molecule has 2 aromatic rings. The van der Waals surface area contributed by atoms with Crippen LogP contribution in [0.1, 0.15) is 34.6 Å². The minimum Gasteiger partial charge on any atom is -0.464 e. The van der Waals surface area contributed by atoms with Gasteiger partial charge in [0.2, 0.25) is 0 Å². The molecule has 28 heavy (non-hydrogen) atoms. The first-order valence-electron chi connectivity index (χ1n) is 9.18. The smallest absolute Gasteiger partial charge is 0.407 e. The first-order valence-corrected chi connectivity index (χ1v) is 9.18. The fraction of sp³-hybridized carbons (Fsp3) is 0.611. The number of fused-ring (bicyclic) bond motifs is 1. The lowest BCUT2D eigenvalue weighted by Crippen LogP contribution is -2.35. The second-order valence-electron chi connectivity index (χ2n) is 7.70. The molecule has 0 aliphatic rings. The summed E-state index contributed by atoms with van der Waals surface area (Å²) in [5.74, 6) is 0.448. The first kappa shape index (κ1) is 21.4. The van der Waals surface area contributed by atoms with Gasteiger partial charge in [-0.25, -0.2) is 19.7 Å². The van der Waals surface area contributed by atoms with Gasteiger partial charge in [0.25, 0.3) is 0 Å². The van der Waals surface area contributed by atoms with E-state index in [-0.39, 0.29) is 18.4 Å². The maximum absolute atomic E-state index is 11.9. The highest BCUT2D eigenvalue weighted by Gasteiger charge is 2.16. The van der Waals surface area contributed by atoms with E-state index in [4.69, 9.17) is 9.47 Å². The molecular formula is C18H28N6O4. The number of esters is 1. The lowest BCUT2D eigenvalue weighted by atomic mass is 10.2. The molecule has 1 amide bonds. The van der Waals surface area contributed by atoms with Crippen LogP contribution in [0.25, 0.3) is 11.2 Å². The Morgan fingerprint density at radius 1 is 1.18 bits per heavy atom. The van der Waals surface area contributed by atoms with E-state index < -0.39 is 11.7 Å². The number of nitrogens with zero attached hydrogens (tertiary/aromatic N) is 4. The fourth-order valence-corrected chi connectivity index (χ4v) is 2.23. The number of alkyl carbamates (subject to hydrolysis) is 1. The van der Waals surface area contributed by atoms with Crippen molar-refractivity contribution in [3.05, 3.63) is 12.7 Å². The summed E-state index contributed by atoms with van der Waals surface area (Å²) in [6.45, 7) is 10.5. The van der Waals surface area contributed by atoms with Crippen LogP contribution in [0, 0.1) is 5.92 Å². The predicted molar refractivity (Wildman–Crippen MR) is 104 cm³/mol. The van der Waals surface area contributed by atoms with Crippen LogP contribution in [-0.2, 0) is 20.8 Å². The molecule has 0 atom stereocenters. The Kier molecular flexibility index (Phi) is 7.13. The topological polar surface area (TPSA) is 120 Å². The van der Waals surface area contributed by atoms with Gasteiger partial charge in [0.1, 0.15) is 24.0 Å². The normalized spacial score (nSPS) is 11.5. The van der Waals surface area contributed by atoms with E-state index in [9.17, 15) is 9.59 Å². The van der Waals surface area contributed by atoms with Crippen molar-refractivity contribution in [2.45, 2.75) is 46.8 Å². The number of rotatable bonds is 8. The number of carbonyl (C=O) groups is 2. The van der Waals surface area contributed by atoms with Crippen molar-refractivity contribution in [1.29, 1.82) is 0 Å². The summed E-state index contributed by atoms with van der Waals surface area (Å²) in [6.07, 6.45) is 2.44. The highest BCUT2D eigenvalue weighted by Crippen LogP contribution is 2.17. The van der Waals surface area contributed by atoms with E-state index in [2.05, 4.69) is 25.6 Å². The Morgan fingerprint density at radius 2 is 1.93 bits per heavy atom. The van der Waals surface area contributed by atoms with E-state index in [1.807, 2.05) is 13.8 Å².